The molecule has 5 heteroatoms. The van der Waals surface area contributed by atoms with Gasteiger partial charge in [0.1, 0.15) is 5.75 Å². The number of carbonyl (C=O) groups is 1. The molecule has 0 aliphatic rings. The number of pyridine rings is 2. The fourth-order valence-corrected chi connectivity index (χ4v) is 2.55. The van der Waals surface area contributed by atoms with Gasteiger partial charge in [-0.05, 0) is 47.0 Å². The van der Waals surface area contributed by atoms with Gasteiger partial charge in [-0.15, -0.1) is 0 Å². The summed E-state index contributed by atoms with van der Waals surface area (Å²) in [5, 5.41) is 9.38. The van der Waals surface area contributed by atoms with Crippen LogP contribution in [0.25, 0.3) is 0 Å². The smallest absolute Gasteiger partial charge is 0.227 e. The number of rotatable bonds is 6. The van der Waals surface area contributed by atoms with Crippen molar-refractivity contribution in [2.75, 3.05) is 0 Å². The lowest BCUT2D eigenvalue weighted by Gasteiger charge is -2.23. The number of hydrogen-bond donors (Lipinski definition) is 1. The molecule has 1 aromatic carbocycles. The third-order valence-electron chi connectivity index (χ3n) is 3.86. The predicted octanol–water partition coefficient (Wildman–Crippen LogP) is 2.95. The van der Waals surface area contributed by atoms with E-state index in [4.69, 9.17) is 0 Å². The molecule has 0 bridgehead atoms. The van der Waals surface area contributed by atoms with Crippen LogP contribution in [0.4, 0.5) is 0 Å². The number of aromatic nitrogens is 2. The monoisotopic (exact) mass is 333 g/mol. The van der Waals surface area contributed by atoms with Crippen molar-refractivity contribution >= 4 is 5.91 Å². The summed E-state index contributed by atoms with van der Waals surface area (Å²) < 4.78 is 0. The minimum Gasteiger partial charge on any atom is -0.508 e. The van der Waals surface area contributed by atoms with E-state index in [-0.39, 0.29) is 18.1 Å². The van der Waals surface area contributed by atoms with Crippen molar-refractivity contribution in [1.29, 1.82) is 0 Å². The van der Waals surface area contributed by atoms with Crippen LogP contribution in [0.5, 0.6) is 5.75 Å². The Bertz CT molecular complexity index is 764. The average Bonchev–Trinajstić information content (AvgIpc) is 2.65. The largest absolute Gasteiger partial charge is 0.508 e. The Balaban J connectivity index is 1.76. The second-order valence-electron chi connectivity index (χ2n) is 5.81. The minimum absolute atomic E-state index is 0.0198. The molecule has 2 heterocycles. The van der Waals surface area contributed by atoms with Crippen LogP contribution in [-0.2, 0) is 24.3 Å². The van der Waals surface area contributed by atoms with E-state index in [9.17, 15) is 9.90 Å². The van der Waals surface area contributed by atoms with Gasteiger partial charge in [-0.1, -0.05) is 18.2 Å². The van der Waals surface area contributed by atoms with Crippen molar-refractivity contribution < 1.29 is 9.90 Å². The van der Waals surface area contributed by atoms with Gasteiger partial charge in [-0.3, -0.25) is 14.8 Å². The molecule has 0 saturated heterocycles. The number of phenolic OH excluding ortho intramolecular Hbond substituents is 1. The van der Waals surface area contributed by atoms with Crippen molar-refractivity contribution in [2.24, 2.45) is 0 Å². The molecule has 1 N–H and O–H groups in total. The Morgan fingerprint density at radius 2 is 1.56 bits per heavy atom. The van der Waals surface area contributed by atoms with E-state index >= 15 is 0 Å². The number of phenols is 1. The number of amides is 1. The first kappa shape index (κ1) is 16.6. The molecule has 0 atom stereocenters. The van der Waals surface area contributed by atoms with Gasteiger partial charge in [0.15, 0.2) is 0 Å². The summed E-state index contributed by atoms with van der Waals surface area (Å²) in [5.41, 5.74) is 2.88. The molecule has 0 aliphatic heterocycles. The molecule has 0 unspecified atom stereocenters. The van der Waals surface area contributed by atoms with Crippen LogP contribution in [0, 0.1) is 0 Å². The Morgan fingerprint density at radius 3 is 2.24 bits per heavy atom. The number of nitrogens with zero attached hydrogens (tertiary/aromatic N) is 3. The van der Waals surface area contributed by atoms with Crippen LogP contribution in [0.3, 0.4) is 0 Å². The van der Waals surface area contributed by atoms with Crippen LogP contribution in [0.15, 0.2) is 73.3 Å². The van der Waals surface area contributed by atoms with Crippen LogP contribution >= 0.6 is 0 Å². The van der Waals surface area contributed by atoms with Gasteiger partial charge in [-0.25, -0.2) is 0 Å². The summed E-state index contributed by atoms with van der Waals surface area (Å²) >= 11 is 0. The van der Waals surface area contributed by atoms with Crippen molar-refractivity contribution in [3.8, 4) is 5.75 Å². The van der Waals surface area contributed by atoms with E-state index in [1.165, 1.54) is 0 Å². The first-order valence-corrected chi connectivity index (χ1v) is 8.04. The van der Waals surface area contributed by atoms with Crippen molar-refractivity contribution in [3.05, 3.63) is 90.0 Å². The zero-order valence-electron chi connectivity index (χ0n) is 13.7. The minimum atomic E-state index is 0.0198. The zero-order chi connectivity index (χ0) is 17.5. The third kappa shape index (κ3) is 4.88. The summed E-state index contributed by atoms with van der Waals surface area (Å²) in [7, 11) is 0. The number of carbonyl (C=O) groups excluding carboxylic acids is 1. The summed E-state index contributed by atoms with van der Waals surface area (Å²) in [5.74, 6) is 0.214. The van der Waals surface area contributed by atoms with Gasteiger partial charge < -0.3 is 10.0 Å². The summed E-state index contributed by atoms with van der Waals surface area (Å²) in [6, 6.07) is 14.4. The van der Waals surface area contributed by atoms with Crippen molar-refractivity contribution in [2.45, 2.75) is 19.5 Å². The maximum absolute atomic E-state index is 12.8. The molecular weight excluding hydrogens is 314 g/mol. The molecule has 5 nitrogen and oxygen atoms in total. The zero-order valence-corrected chi connectivity index (χ0v) is 13.7. The van der Waals surface area contributed by atoms with Gasteiger partial charge in [0.05, 0.1) is 6.42 Å². The molecule has 0 fully saturated rings. The standard InChI is InChI=1S/C20H19N3O2/c24-19-5-3-16(4-6-19)12-20(25)23(14-17-7-10-21-11-8-17)15-18-2-1-9-22-13-18/h1-11,13,24H,12,14-15H2. The predicted molar refractivity (Wildman–Crippen MR) is 94.5 cm³/mol. The normalized spacial score (nSPS) is 10.4. The second kappa shape index (κ2) is 8.06. The Hall–Kier alpha value is -3.21. The van der Waals surface area contributed by atoms with Crippen LogP contribution in [0.2, 0.25) is 0 Å². The fraction of sp³-hybridized carbons (Fsp3) is 0.150. The summed E-state index contributed by atoms with van der Waals surface area (Å²) in [6.45, 7) is 1.00. The number of aromatic hydroxyl groups is 1. The molecule has 0 aliphatic carbocycles. The second-order valence-corrected chi connectivity index (χ2v) is 5.81. The van der Waals surface area contributed by atoms with E-state index in [2.05, 4.69) is 9.97 Å². The van der Waals surface area contributed by atoms with Gasteiger partial charge >= 0.3 is 0 Å². The summed E-state index contributed by atoms with van der Waals surface area (Å²) in [6.07, 6.45) is 7.22. The maximum Gasteiger partial charge on any atom is 0.227 e. The van der Waals surface area contributed by atoms with Crippen LogP contribution in [-0.4, -0.2) is 25.9 Å². The molecule has 3 aromatic rings. The van der Waals surface area contributed by atoms with E-state index in [1.807, 2.05) is 24.3 Å². The lowest BCUT2D eigenvalue weighted by atomic mass is 10.1. The molecule has 1 amide bonds. The third-order valence-corrected chi connectivity index (χ3v) is 3.86. The molecule has 25 heavy (non-hydrogen) atoms. The number of hydrogen-bond acceptors (Lipinski definition) is 4. The van der Waals surface area contributed by atoms with Gasteiger partial charge in [0.2, 0.25) is 5.91 Å². The maximum atomic E-state index is 12.8. The molecule has 126 valence electrons. The van der Waals surface area contributed by atoms with Crippen LogP contribution < -0.4 is 0 Å². The van der Waals surface area contributed by atoms with E-state index in [0.29, 0.717) is 13.1 Å². The molecule has 3 rings (SSSR count). The molecule has 0 saturated carbocycles. The summed E-state index contributed by atoms with van der Waals surface area (Å²) in [4.78, 5) is 22.8. The SMILES string of the molecule is O=C(Cc1ccc(O)cc1)N(Cc1ccncc1)Cc1cccnc1. The highest BCUT2D eigenvalue weighted by atomic mass is 16.3. The Labute approximate surface area is 146 Å². The topological polar surface area (TPSA) is 66.3 Å². The van der Waals surface area contributed by atoms with Gasteiger partial charge in [0, 0.05) is 37.9 Å². The van der Waals surface area contributed by atoms with Gasteiger partial charge in [0.25, 0.3) is 0 Å². The molecule has 0 spiro atoms. The fourth-order valence-electron chi connectivity index (χ4n) is 2.55. The Morgan fingerprint density at radius 1 is 0.840 bits per heavy atom. The quantitative estimate of drug-likeness (QED) is 0.753. The molecule has 0 radical (unpaired) electrons. The lowest BCUT2D eigenvalue weighted by molar-refractivity contribution is -0.131. The van der Waals surface area contributed by atoms with Crippen molar-refractivity contribution in [3.63, 3.8) is 0 Å². The lowest BCUT2D eigenvalue weighted by Crippen LogP contribution is -2.31. The number of benzene rings is 1. The highest BCUT2D eigenvalue weighted by Crippen LogP contribution is 2.14. The first-order valence-electron chi connectivity index (χ1n) is 8.04. The van der Waals surface area contributed by atoms with E-state index in [1.54, 1.807) is 54.0 Å². The van der Waals surface area contributed by atoms with Crippen molar-refractivity contribution in [1.82, 2.24) is 14.9 Å². The molecular formula is C20H19N3O2. The van der Waals surface area contributed by atoms with E-state index in [0.717, 1.165) is 16.7 Å². The van der Waals surface area contributed by atoms with Crippen LogP contribution in [0.1, 0.15) is 16.7 Å². The Kier molecular flexibility index (Phi) is 5.36. The highest BCUT2D eigenvalue weighted by Gasteiger charge is 2.15. The van der Waals surface area contributed by atoms with Gasteiger partial charge in [-0.2, -0.15) is 0 Å². The first-order chi connectivity index (χ1) is 12.2. The highest BCUT2D eigenvalue weighted by molar-refractivity contribution is 5.78. The van der Waals surface area contributed by atoms with E-state index < -0.39 is 0 Å². The average molecular weight is 333 g/mol. The molecule has 2 aromatic heterocycles.